The number of benzene rings is 2. The van der Waals surface area contributed by atoms with Crippen molar-refractivity contribution in [2.75, 3.05) is 13.1 Å². The third kappa shape index (κ3) is 5.27. The quantitative estimate of drug-likeness (QED) is 0.232. The summed E-state index contributed by atoms with van der Waals surface area (Å²) >= 11 is 11.5. The predicted molar refractivity (Wildman–Crippen MR) is 143 cm³/mol. The van der Waals surface area contributed by atoms with E-state index in [2.05, 4.69) is 21.3 Å². The molecule has 0 unspecified atom stereocenters. The normalized spacial score (nSPS) is 13.6. The van der Waals surface area contributed by atoms with Crippen LogP contribution in [0.1, 0.15) is 27.9 Å². The molecule has 38 heavy (non-hydrogen) atoms. The van der Waals surface area contributed by atoms with Crippen molar-refractivity contribution >= 4 is 46.2 Å². The van der Waals surface area contributed by atoms with Gasteiger partial charge in [-0.1, -0.05) is 41.4 Å². The summed E-state index contributed by atoms with van der Waals surface area (Å²) in [6, 6.07) is 13.0. The molecule has 0 aliphatic carbocycles. The van der Waals surface area contributed by atoms with Gasteiger partial charge in [0, 0.05) is 49.9 Å². The monoisotopic (exact) mass is 551 g/mol. The molecule has 0 bridgehead atoms. The van der Waals surface area contributed by atoms with Crippen molar-refractivity contribution in [1.29, 1.82) is 5.26 Å². The molecule has 1 aliphatic rings. The minimum absolute atomic E-state index is 0.274. The summed E-state index contributed by atoms with van der Waals surface area (Å²) in [6.07, 6.45) is 5.68. The third-order valence-electron chi connectivity index (χ3n) is 6.48. The SMILES string of the molecule is N#Cc1ccc2c3c(n(C(=O)NCc4ccnc(Cl)c4)c2c1)CCN(C/C=C/c1cc(F)c(Cl)c(F)c1)C3. The first kappa shape index (κ1) is 25.9. The number of pyridine rings is 1. The molecule has 1 aliphatic heterocycles. The van der Waals surface area contributed by atoms with Crippen molar-refractivity contribution in [1.82, 2.24) is 19.8 Å². The highest BCUT2D eigenvalue weighted by Crippen LogP contribution is 2.32. The molecule has 6 nitrogen and oxygen atoms in total. The maximum Gasteiger partial charge on any atom is 0.326 e. The van der Waals surface area contributed by atoms with Crippen LogP contribution in [0.5, 0.6) is 0 Å². The molecule has 3 heterocycles. The van der Waals surface area contributed by atoms with Crippen LogP contribution in [0, 0.1) is 23.0 Å². The molecule has 1 N–H and O–H groups in total. The van der Waals surface area contributed by atoms with Crippen molar-refractivity contribution in [3.8, 4) is 6.07 Å². The summed E-state index contributed by atoms with van der Waals surface area (Å²) < 4.78 is 29.1. The second kappa shape index (κ2) is 10.9. The van der Waals surface area contributed by atoms with Gasteiger partial charge < -0.3 is 5.32 Å². The van der Waals surface area contributed by atoms with E-state index in [-0.39, 0.29) is 12.6 Å². The number of carbonyl (C=O) groups excluding carboxylic acids is 1. The van der Waals surface area contributed by atoms with Gasteiger partial charge in [-0.2, -0.15) is 5.26 Å². The Morgan fingerprint density at radius 3 is 2.68 bits per heavy atom. The van der Waals surface area contributed by atoms with Crippen LogP contribution in [0.3, 0.4) is 0 Å². The second-order valence-corrected chi connectivity index (χ2v) is 9.70. The van der Waals surface area contributed by atoms with Crippen molar-refractivity contribution in [3.05, 3.63) is 104 Å². The van der Waals surface area contributed by atoms with Crippen LogP contribution in [-0.2, 0) is 19.5 Å². The largest absolute Gasteiger partial charge is 0.333 e. The van der Waals surface area contributed by atoms with E-state index in [9.17, 15) is 18.8 Å². The zero-order valence-corrected chi connectivity index (χ0v) is 21.5. The fourth-order valence-electron chi connectivity index (χ4n) is 4.69. The fourth-order valence-corrected chi connectivity index (χ4v) is 4.99. The molecule has 10 heteroatoms. The van der Waals surface area contributed by atoms with E-state index in [1.165, 1.54) is 12.1 Å². The van der Waals surface area contributed by atoms with Crippen LogP contribution in [-0.4, -0.2) is 33.6 Å². The first-order chi connectivity index (χ1) is 18.3. The summed E-state index contributed by atoms with van der Waals surface area (Å²) in [7, 11) is 0. The fraction of sp³-hybridized carbons (Fsp3) is 0.179. The molecule has 5 rings (SSSR count). The van der Waals surface area contributed by atoms with Gasteiger partial charge in [-0.25, -0.2) is 18.6 Å². The van der Waals surface area contributed by atoms with Crippen molar-refractivity contribution in [2.24, 2.45) is 0 Å². The van der Waals surface area contributed by atoms with Gasteiger partial charge in [-0.05, 0) is 53.1 Å². The number of carbonyl (C=O) groups is 1. The number of hydrogen-bond acceptors (Lipinski definition) is 4. The third-order valence-corrected chi connectivity index (χ3v) is 7.04. The number of nitrogens with one attached hydrogen (secondary N) is 1. The lowest BCUT2D eigenvalue weighted by molar-refractivity contribution is 0.240. The van der Waals surface area contributed by atoms with E-state index in [1.807, 2.05) is 12.1 Å². The highest BCUT2D eigenvalue weighted by atomic mass is 35.5. The molecule has 2 aromatic carbocycles. The number of amides is 1. The molecule has 1 amide bonds. The zero-order chi connectivity index (χ0) is 26.8. The second-order valence-electron chi connectivity index (χ2n) is 8.94. The number of fused-ring (bicyclic) bond motifs is 3. The Hall–Kier alpha value is -3.77. The number of hydrogen-bond donors (Lipinski definition) is 1. The van der Waals surface area contributed by atoms with Gasteiger partial charge in [-0.15, -0.1) is 0 Å². The first-order valence-electron chi connectivity index (χ1n) is 11.8. The average molecular weight is 552 g/mol. The molecule has 0 saturated heterocycles. The van der Waals surface area contributed by atoms with E-state index in [0.717, 1.165) is 22.2 Å². The summed E-state index contributed by atoms with van der Waals surface area (Å²) in [5.74, 6) is -1.60. The molecular weight excluding hydrogens is 531 g/mol. The molecule has 192 valence electrons. The van der Waals surface area contributed by atoms with E-state index in [0.29, 0.717) is 47.9 Å². The minimum Gasteiger partial charge on any atom is -0.333 e. The number of halogens is 4. The Bertz CT molecular complexity index is 1600. The Labute approximate surface area is 227 Å². The van der Waals surface area contributed by atoms with E-state index >= 15 is 0 Å². The Kier molecular flexibility index (Phi) is 7.43. The van der Waals surface area contributed by atoms with Gasteiger partial charge in [0.1, 0.15) is 21.8 Å². The van der Waals surface area contributed by atoms with Crippen LogP contribution in [0.25, 0.3) is 17.0 Å². The lowest BCUT2D eigenvalue weighted by atomic mass is 10.0. The lowest BCUT2D eigenvalue weighted by Gasteiger charge is -2.27. The highest BCUT2D eigenvalue weighted by Gasteiger charge is 2.26. The summed E-state index contributed by atoms with van der Waals surface area (Å²) in [4.78, 5) is 19.5. The number of nitriles is 1. The lowest BCUT2D eigenvalue weighted by Crippen LogP contribution is -2.34. The van der Waals surface area contributed by atoms with Crippen LogP contribution in [0.15, 0.2) is 54.7 Å². The van der Waals surface area contributed by atoms with Gasteiger partial charge >= 0.3 is 6.03 Å². The van der Waals surface area contributed by atoms with Gasteiger partial charge in [0.2, 0.25) is 0 Å². The molecule has 4 aromatic rings. The molecular formula is C28H21Cl2F2N5O. The number of nitrogens with zero attached hydrogens (tertiary/aromatic N) is 4. The van der Waals surface area contributed by atoms with Gasteiger partial charge in [0.25, 0.3) is 0 Å². The summed E-state index contributed by atoms with van der Waals surface area (Å²) in [5, 5.41) is 13.1. The molecule has 0 saturated carbocycles. The molecule has 2 aromatic heterocycles. The molecule has 0 radical (unpaired) electrons. The average Bonchev–Trinajstić information content (AvgIpc) is 3.23. The van der Waals surface area contributed by atoms with E-state index in [1.54, 1.807) is 41.1 Å². The first-order valence-corrected chi connectivity index (χ1v) is 12.6. The van der Waals surface area contributed by atoms with Crippen LogP contribution in [0.4, 0.5) is 13.6 Å². The maximum absolute atomic E-state index is 13.7. The van der Waals surface area contributed by atoms with Crippen molar-refractivity contribution in [3.63, 3.8) is 0 Å². The van der Waals surface area contributed by atoms with Crippen molar-refractivity contribution in [2.45, 2.75) is 19.5 Å². The standard InChI is InChI=1S/C28H21Cl2F2N5O/c29-26-13-19(5-7-34-26)15-35-28(38)37-24-6-9-36(8-1-2-17-10-22(31)27(30)23(32)11-17)16-21(24)20-4-3-18(14-33)12-25(20)37/h1-5,7,10-13H,6,8-9,15-16H2,(H,35,38)/b2-1+. The number of aromatic nitrogens is 2. The van der Waals surface area contributed by atoms with Crippen LogP contribution in [0.2, 0.25) is 10.2 Å². The smallest absolute Gasteiger partial charge is 0.326 e. The molecule has 0 spiro atoms. The maximum atomic E-state index is 13.7. The highest BCUT2D eigenvalue weighted by molar-refractivity contribution is 6.31. The Balaban J connectivity index is 1.39. The predicted octanol–water partition coefficient (Wildman–Crippen LogP) is 6.32. The summed E-state index contributed by atoms with van der Waals surface area (Å²) in [5.41, 5.74) is 4.24. The summed E-state index contributed by atoms with van der Waals surface area (Å²) in [6.45, 7) is 2.07. The number of rotatable bonds is 5. The van der Waals surface area contributed by atoms with Crippen molar-refractivity contribution < 1.29 is 13.6 Å². The van der Waals surface area contributed by atoms with Gasteiger partial charge in [0.05, 0.1) is 17.1 Å². The van der Waals surface area contributed by atoms with Crippen LogP contribution < -0.4 is 5.32 Å². The Morgan fingerprint density at radius 1 is 1.16 bits per heavy atom. The molecule has 0 atom stereocenters. The van der Waals surface area contributed by atoms with E-state index < -0.39 is 16.7 Å². The van der Waals surface area contributed by atoms with Gasteiger partial charge in [-0.3, -0.25) is 9.47 Å². The van der Waals surface area contributed by atoms with Gasteiger partial charge in [0.15, 0.2) is 0 Å². The van der Waals surface area contributed by atoms with Crippen LogP contribution >= 0.6 is 23.2 Å². The topological polar surface area (TPSA) is 74.0 Å². The minimum atomic E-state index is -0.802. The molecule has 0 fully saturated rings. The zero-order valence-electron chi connectivity index (χ0n) is 20.0. The van der Waals surface area contributed by atoms with E-state index in [4.69, 9.17) is 23.2 Å². The Morgan fingerprint density at radius 2 is 1.95 bits per heavy atom.